The van der Waals surface area contributed by atoms with Crippen molar-refractivity contribution in [2.24, 2.45) is 0 Å². The molecule has 1 N–H and O–H groups in total. The van der Waals surface area contributed by atoms with Crippen molar-refractivity contribution < 1.29 is 23.8 Å². The van der Waals surface area contributed by atoms with Gasteiger partial charge < -0.3 is 19.5 Å². The van der Waals surface area contributed by atoms with Crippen molar-refractivity contribution in [2.45, 2.75) is 20.3 Å². The van der Waals surface area contributed by atoms with Gasteiger partial charge in [0.1, 0.15) is 11.5 Å². The molecule has 2 aromatic rings. The van der Waals surface area contributed by atoms with Crippen LogP contribution in [0.5, 0.6) is 11.5 Å². The van der Waals surface area contributed by atoms with Crippen molar-refractivity contribution in [3.63, 3.8) is 0 Å². The Morgan fingerprint density at radius 1 is 0.885 bits per heavy atom. The Hall–Kier alpha value is -3.02. The fourth-order valence-electron chi connectivity index (χ4n) is 2.27. The van der Waals surface area contributed by atoms with Gasteiger partial charge >= 0.3 is 5.97 Å². The number of hydrogen-bond donors (Lipinski definition) is 1. The van der Waals surface area contributed by atoms with Crippen molar-refractivity contribution in [3.8, 4) is 11.5 Å². The molecular formula is C20H23NO5. The summed E-state index contributed by atoms with van der Waals surface area (Å²) in [7, 11) is 0. The average molecular weight is 357 g/mol. The molecule has 26 heavy (non-hydrogen) atoms. The van der Waals surface area contributed by atoms with E-state index in [-0.39, 0.29) is 19.1 Å². The second kappa shape index (κ2) is 10.1. The minimum absolute atomic E-state index is 0.271. The van der Waals surface area contributed by atoms with Crippen molar-refractivity contribution in [1.82, 2.24) is 0 Å². The predicted molar refractivity (Wildman–Crippen MR) is 98.5 cm³/mol. The average Bonchev–Trinajstić information content (AvgIpc) is 2.66. The third kappa shape index (κ3) is 6.12. The van der Waals surface area contributed by atoms with Crippen molar-refractivity contribution in [3.05, 3.63) is 54.1 Å². The Morgan fingerprint density at radius 2 is 1.54 bits per heavy atom. The number of esters is 1. The van der Waals surface area contributed by atoms with E-state index >= 15 is 0 Å². The molecule has 2 rings (SSSR count). The van der Waals surface area contributed by atoms with Gasteiger partial charge in [0, 0.05) is 5.69 Å². The molecule has 0 saturated heterocycles. The van der Waals surface area contributed by atoms with Crippen molar-refractivity contribution in [1.29, 1.82) is 0 Å². The molecule has 0 saturated carbocycles. The molecule has 0 radical (unpaired) electrons. The van der Waals surface area contributed by atoms with Gasteiger partial charge in [0.05, 0.1) is 6.61 Å². The molecule has 0 aliphatic carbocycles. The Labute approximate surface area is 153 Å². The Bertz CT molecular complexity index is 727. The van der Waals surface area contributed by atoms with Gasteiger partial charge in [-0.1, -0.05) is 25.1 Å². The van der Waals surface area contributed by atoms with Crippen LogP contribution in [0, 0.1) is 0 Å². The van der Waals surface area contributed by atoms with Gasteiger partial charge in [0.25, 0.3) is 5.91 Å². The first-order valence-corrected chi connectivity index (χ1v) is 8.51. The zero-order valence-electron chi connectivity index (χ0n) is 15.0. The number of carbonyl (C=O) groups is 2. The lowest BCUT2D eigenvalue weighted by molar-refractivity contribution is -0.149. The number of amides is 1. The van der Waals surface area contributed by atoms with E-state index in [2.05, 4.69) is 5.32 Å². The van der Waals surface area contributed by atoms with Gasteiger partial charge in [-0.2, -0.15) is 0 Å². The second-order valence-electron chi connectivity index (χ2n) is 5.41. The van der Waals surface area contributed by atoms with E-state index in [1.54, 1.807) is 24.3 Å². The Morgan fingerprint density at radius 3 is 2.19 bits per heavy atom. The van der Waals surface area contributed by atoms with Gasteiger partial charge in [0.2, 0.25) is 0 Å². The molecule has 0 atom stereocenters. The molecule has 138 valence electrons. The molecule has 0 unspecified atom stereocenters. The summed E-state index contributed by atoms with van der Waals surface area (Å²) in [6.07, 6.45) is 0.798. The second-order valence-corrected chi connectivity index (χ2v) is 5.41. The van der Waals surface area contributed by atoms with Crippen LogP contribution in [-0.2, 0) is 20.7 Å². The fourth-order valence-corrected chi connectivity index (χ4v) is 2.27. The van der Waals surface area contributed by atoms with Crippen LogP contribution in [0.3, 0.4) is 0 Å². The molecule has 6 heteroatoms. The first-order valence-electron chi connectivity index (χ1n) is 8.51. The summed E-state index contributed by atoms with van der Waals surface area (Å²) < 4.78 is 15.6. The predicted octanol–water partition coefficient (Wildman–Crippen LogP) is 3.21. The highest BCUT2D eigenvalue weighted by molar-refractivity contribution is 5.93. The highest BCUT2D eigenvalue weighted by Gasteiger charge is 2.10. The minimum Gasteiger partial charge on any atom is -0.494 e. The lowest BCUT2D eigenvalue weighted by atomic mass is 10.1. The first-order chi connectivity index (χ1) is 12.6. The van der Waals surface area contributed by atoms with Crippen LogP contribution in [0.4, 0.5) is 5.69 Å². The van der Waals surface area contributed by atoms with Crippen LogP contribution in [0.1, 0.15) is 19.4 Å². The number of carbonyl (C=O) groups excluding carboxylic acids is 2. The number of aryl methyl sites for hydroxylation is 1. The normalized spacial score (nSPS) is 10.1. The molecule has 0 heterocycles. The minimum atomic E-state index is -0.613. The molecule has 2 aromatic carbocycles. The summed E-state index contributed by atoms with van der Waals surface area (Å²) in [4.78, 5) is 23.6. The highest BCUT2D eigenvalue weighted by Crippen LogP contribution is 2.17. The monoisotopic (exact) mass is 357 g/mol. The quantitative estimate of drug-likeness (QED) is 0.698. The van der Waals surface area contributed by atoms with Crippen LogP contribution < -0.4 is 14.8 Å². The number of anilines is 1. The smallest absolute Gasteiger partial charge is 0.344 e. The van der Waals surface area contributed by atoms with Gasteiger partial charge in [-0.25, -0.2) is 4.79 Å². The number of ether oxygens (including phenoxy) is 3. The summed E-state index contributed by atoms with van der Waals surface area (Å²) >= 11 is 0. The Kier molecular flexibility index (Phi) is 7.49. The van der Waals surface area contributed by atoms with E-state index in [0.29, 0.717) is 12.4 Å². The van der Waals surface area contributed by atoms with Crippen LogP contribution in [0.15, 0.2) is 48.5 Å². The number of nitrogens with one attached hydrogen (secondary N) is 1. The van der Waals surface area contributed by atoms with Gasteiger partial charge in [-0.3, -0.25) is 4.79 Å². The third-order valence-corrected chi connectivity index (χ3v) is 3.53. The summed E-state index contributed by atoms with van der Waals surface area (Å²) in [5.41, 5.74) is 1.74. The number of rotatable bonds is 9. The summed E-state index contributed by atoms with van der Waals surface area (Å²) in [6, 6.07) is 14.4. The van der Waals surface area contributed by atoms with Crippen LogP contribution >= 0.6 is 0 Å². The maximum absolute atomic E-state index is 11.9. The Balaban J connectivity index is 1.73. The summed E-state index contributed by atoms with van der Waals surface area (Å²) in [5.74, 6) is 0.247. The largest absolute Gasteiger partial charge is 0.494 e. The SMILES string of the molecule is CCOc1ccc(OCC(=O)OCC(=O)Nc2ccccc2CC)cc1. The molecule has 0 aliphatic rings. The molecule has 0 spiro atoms. The van der Waals surface area contributed by atoms with Gasteiger partial charge in [0.15, 0.2) is 13.2 Å². The van der Waals surface area contributed by atoms with Crippen molar-refractivity contribution in [2.75, 3.05) is 25.1 Å². The number of para-hydroxylation sites is 1. The first kappa shape index (κ1) is 19.3. The third-order valence-electron chi connectivity index (χ3n) is 3.53. The fraction of sp³-hybridized carbons (Fsp3) is 0.300. The summed E-state index contributed by atoms with van der Waals surface area (Å²) in [6.45, 7) is 3.86. The molecule has 0 fully saturated rings. The topological polar surface area (TPSA) is 73.9 Å². The van der Waals surface area contributed by atoms with E-state index < -0.39 is 5.97 Å². The van der Waals surface area contributed by atoms with E-state index in [0.717, 1.165) is 23.4 Å². The molecule has 0 aliphatic heterocycles. The molecular weight excluding hydrogens is 334 g/mol. The lowest BCUT2D eigenvalue weighted by Gasteiger charge is -2.10. The zero-order valence-corrected chi connectivity index (χ0v) is 15.0. The number of hydrogen-bond acceptors (Lipinski definition) is 5. The van der Waals surface area contributed by atoms with Crippen molar-refractivity contribution >= 4 is 17.6 Å². The maximum atomic E-state index is 11.9. The highest BCUT2D eigenvalue weighted by atomic mass is 16.6. The van der Waals surface area contributed by atoms with E-state index in [9.17, 15) is 9.59 Å². The number of benzene rings is 2. The van der Waals surface area contributed by atoms with Crippen LogP contribution in [-0.4, -0.2) is 31.7 Å². The standard InChI is InChI=1S/C20H23NO5/c1-3-15-7-5-6-8-18(15)21-19(22)13-26-20(23)14-25-17-11-9-16(10-12-17)24-4-2/h5-12H,3-4,13-14H2,1-2H3,(H,21,22). The zero-order chi connectivity index (χ0) is 18.8. The van der Waals surface area contributed by atoms with E-state index in [4.69, 9.17) is 14.2 Å². The van der Waals surface area contributed by atoms with E-state index in [1.807, 2.05) is 38.1 Å². The van der Waals surface area contributed by atoms with Crippen LogP contribution in [0.25, 0.3) is 0 Å². The molecule has 6 nitrogen and oxygen atoms in total. The summed E-state index contributed by atoms with van der Waals surface area (Å²) in [5, 5.41) is 2.74. The molecule has 1 amide bonds. The maximum Gasteiger partial charge on any atom is 0.344 e. The van der Waals surface area contributed by atoms with Crippen LogP contribution in [0.2, 0.25) is 0 Å². The molecule has 0 aromatic heterocycles. The van der Waals surface area contributed by atoms with E-state index in [1.165, 1.54) is 0 Å². The van der Waals surface area contributed by atoms with Gasteiger partial charge in [-0.05, 0) is 49.2 Å². The molecule has 0 bridgehead atoms. The lowest BCUT2D eigenvalue weighted by Crippen LogP contribution is -2.24. The van der Waals surface area contributed by atoms with Gasteiger partial charge in [-0.15, -0.1) is 0 Å².